The van der Waals surface area contributed by atoms with Crippen molar-refractivity contribution in [3.05, 3.63) is 118 Å². The molecular weight excluding hydrogens is 356 g/mol. The van der Waals surface area contributed by atoms with Gasteiger partial charge in [0.05, 0.1) is 0 Å². The predicted octanol–water partition coefficient (Wildman–Crippen LogP) is 5.43. The molecule has 0 heterocycles. The molecule has 1 aliphatic carbocycles. The van der Waals surface area contributed by atoms with Crippen LogP contribution in [0, 0.1) is 0 Å². The molecule has 0 saturated carbocycles. The van der Waals surface area contributed by atoms with Crippen molar-refractivity contribution in [2.75, 3.05) is 0 Å². The van der Waals surface area contributed by atoms with Gasteiger partial charge in [0.2, 0.25) is 0 Å². The molecule has 1 atom stereocenters. The average molecular weight is 378 g/mol. The molecule has 0 aliphatic heterocycles. The minimum atomic E-state index is -1.24. The molecule has 2 heteroatoms. The van der Waals surface area contributed by atoms with Crippen LogP contribution in [0.2, 0.25) is 0 Å². The molecule has 0 fully saturated rings. The summed E-state index contributed by atoms with van der Waals surface area (Å²) in [7, 11) is 0. The van der Waals surface area contributed by atoms with Crippen LogP contribution in [0.25, 0.3) is 10.8 Å². The van der Waals surface area contributed by atoms with E-state index in [9.17, 15) is 9.90 Å². The number of fused-ring (bicyclic) bond motifs is 3. The second-order valence-corrected chi connectivity index (χ2v) is 7.83. The second kappa shape index (κ2) is 6.68. The third kappa shape index (κ3) is 2.80. The quantitative estimate of drug-likeness (QED) is 0.516. The number of aryl methyl sites for hydroxylation is 1. The first-order valence-electron chi connectivity index (χ1n) is 10.1. The van der Waals surface area contributed by atoms with E-state index in [2.05, 4.69) is 37.3 Å². The predicted molar refractivity (Wildman–Crippen MR) is 116 cm³/mol. The molecule has 0 bridgehead atoms. The number of aliphatic hydroxyl groups is 1. The lowest BCUT2D eigenvalue weighted by molar-refractivity contribution is 0.0721. The second-order valence-electron chi connectivity index (χ2n) is 7.83. The van der Waals surface area contributed by atoms with Gasteiger partial charge in [-0.15, -0.1) is 0 Å². The van der Waals surface area contributed by atoms with Gasteiger partial charge in [-0.3, -0.25) is 4.79 Å². The Labute approximate surface area is 170 Å². The summed E-state index contributed by atoms with van der Waals surface area (Å²) < 4.78 is 0. The summed E-state index contributed by atoms with van der Waals surface area (Å²) in [5.41, 5.74) is 3.50. The van der Waals surface area contributed by atoms with E-state index in [4.69, 9.17) is 0 Å². The van der Waals surface area contributed by atoms with Gasteiger partial charge in [-0.05, 0) is 45.5 Å². The zero-order chi connectivity index (χ0) is 20.0. The summed E-state index contributed by atoms with van der Waals surface area (Å²) in [6.45, 7) is 2.07. The Bertz CT molecular complexity index is 1250. The minimum absolute atomic E-state index is 0.00548. The van der Waals surface area contributed by atoms with Crippen molar-refractivity contribution >= 4 is 16.6 Å². The number of hydrogen-bond donors (Lipinski definition) is 1. The first-order chi connectivity index (χ1) is 14.1. The maximum absolute atomic E-state index is 13.2. The van der Waals surface area contributed by atoms with E-state index in [0.717, 1.165) is 22.9 Å². The Kier molecular flexibility index (Phi) is 4.11. The van der Waals surface area contributed by atoms with Gasteiger partial charge in [0.25, 0.3) is 0 Å². The molecule has 1 aliphatic rings. The maximum Gasteiger partial charge on any atom is 0.193 e. The fourth-order valence-electron chi connectivity index (χ4n) is 4.53. The maximum atomic E-state index is 13.2. The Morgan fingerprint density at radius 1 is 0.724 bits per heavy atom. The normalized spacial score (nSPS) is 17.8. The number of carbonyl (C=O) groups is 1. The highest BCUT2D eigenvalue weighted by molar-refractivity contribution is 6.13. The van der Waals surface area contributed by atoms with Crippen LogP contribution >= 0.6 is 0 Å². The van der Waals surface area contributed by atoms with Crippen LogP contribution in [0.4, 0.5) is 0 Å². The number of hydrogen-bond acceptors (Lipinski definition) is 2. The average Bonchev–Trinajstić information content (AvgIpc) is 2.77. The van der Waals surface area contributed by atoms with Crippen LogP contribution in [-0.2, 0) is 18.4 Å². The summed E-state index contributed by atoms with van der Waals surface area (Å²) >= 11 is 0. The van der Waals surface area contributed by atoms with Crippen LogP contribution in [0.1, 0.15) is 45.1 Å². The summed E-state index contributed by atoms with van der Waals surface area (Å²) in [6, 6.07) is 27.9. The van der Waals surface area contributed by atoms with Gasteiger partial charge >= 0.3 is 0 Å². The van der Waals surface area contributed by atoms with Crippen molar-refractivity contribution in [1.82, 2.24) is 0 Å². The molecule has 0 aromatic heterocycles. The van der Waals surface area contributed by atoms with Crippen molar-refractivity contribution in [3.8, 4) is 0 Å². The molecule has 0 saturated heterocycles. The van der Waals surface area contributed by atoms with E-state index >= 15 is 0 Å². The molecule has 4 aromatic rings. The van der Waals surface area contributed by atoms with Crippen molar-refractivity contribution in [1.29, 1.82) is 0 Å². The molecule has 4 aromatic carbocycles. The van der Waals surface area contributed by atoms with Gasteiger partial charge in [-0.2, -0.15) is 0 Å². The van der Waals surface area contributed by atoms with Gasteiger partial charge in [0.1, 0.15) is 5.60 Å². The van der Waals surface area contributed by atoms with E-state index in [1.165, 1.54) is 5.39 Å². The number of ketones is 1. The summed E-state index contributed by atoms with van der Waals surface area (Å²) in [4.78, 5) is 13.2. The smallest absolute Gasteiger partial charge is 0.193 e. The zero-order valence-electron chi connectivity index (χ0n) is 16.4. The summed E-state index contributed by atoms with van der Waals surface area (Å²) in [5, 5.41) is 14.4. The van der Waals surface area contributed by atoms with Gasteiger partial charge in [-0.25, -0.2) is 0 Å². The van der Waals surface area contributed by atoms with Gasteiger partial charge in [0, 0.05) is 17.5 Å². The standard InChI is InChI=1S/C27H22O2/c1-2-18-12-14-25-23(16-18)26(28)22-9-5-6-10-24(22)27(25,29)17-19-11-13-20-7-3-4-8-21(20)15-19/h3-16,29H,2,17H2,1H3. The molecular formula is C27H22O2. The lowest BCUT2D eigenvalue weighted by atomic mass is 9.71. The molecule has 0 radical (unpaired) electrons. The third-order valence-corrected chi connectivity index (χ3v) is 6.07. The van der Waals surface area contributed by atoms with Crippen molar-refractivity contribution in [2.24, 2.45) is 0 Å². The van der Waals surface area contributed by atoms with Gasteiger partial charge in [-0.1, -0.05) is 85.8 Å². The Morgan fingerprint density at radius 3 is 2.24 bits per heavy atom. The molecule has 5 rings (SSSR count). The van der Waals surface area contributed by atoms with E-state index < -0.39 is 5.60 Å². The molecule has 142 valence electrons. The summed E-state index contributed by atoms with van der Waals surface area (Å²) in [5.74, 6) is -0.00548. The van der Waals surface area contributed by atoms with Crippen LogP contribution in [0.5, 0.6) is 0 Å². The molecule has 0 spiro atoms. The fourth-order valence-corrected chi connectivity index (χ4v) is 4.53. The molecule has 29 heavy (non-hydrogen) atoms. The Hall–Kier alpha value is -3.23. The minimum Gasteiger partial charge on any atom is -0.380 e. The lowest BCUT2D eigenvalue weighted by Crippen LogP contribution is -2.37. The van der Waals surface area contributed by atoms with E-state index in [1.807, 2.05) is 54.6 Å². The fraction of sp³-hybridized carbons (Fsp3) is 0.148. The molecule has 2 nitrogen and oxygen atoms in total. The van der Waals surface area contributed by atoms with Crippen LogP contribution in [-0.4, -0.2) is 10.9 Å². The molecule has 1 N–H and O–H groups in total. The third-order valence-electron chi connectivity index (χ3n) is 6.07. The number of benzene rings is 4. The highest BCUT2D eigenvalue weighted by Crippen LogP contribution is 2.42. The van der Waals surface area contributed by atoms with Gasteiger partial charge < -0.3 is 5.11 Å². The van der Waals surface area contributed by atoms with Crippen LogP contribution in [0.3, 0.4) is 0 Å². The molecule has 1 unspecified atom stereocenters. The molecule has 0 amide bonds. The SMILES string of the molecule is CCc1ccc2c(c1)C(=O)c1ccccc1C2(O)Cc1ccc2ccccc2c1. The lowest BCUT2D eigenvalue weighted by Gasteiger charge is -2.36. The first-order valence-corrected chi connectivity index (χ1v) is 10.1. The van der Waals surface area contributed by atoms with Crippen molar-refractivity contribution < 1.29 is 9.90 Å². The zero-order valence-corrected chi connectivity index (χ0v) is 16.4. The Balaban J connectivity index is 1.70. The highest BCUT2D eigenvalue weighted by Gasteiger charge is 2.42. The van der Waals surface area contributed by atoms with Crippen LogP contribution < -0.4 is 0 Å². The van der Waals surface area contributed by atoms with Gasteiger partial charge in [0.15, 0.2) is 5.78 Å². The topological polar surface area (TPSA) is 37.3 Å². The van der Waals surface area contributed by atoms with E-state index in [1.54, 1.807) is 0 Å². The highest BCUT2D eigenvalue weighted by atomic mass is 16.3. The monoisotopic (exact) mass is 378 g/mol. The van der Waals surface area contributed by atoms with E-state index in [0.29, 0.717) is 28.7 Å². The van der Waals surface area contributed by atoms with Crippen molar-refractivity contribution in [2.45, 2.75) is 25.4 Å². The number of carbonyl (C=O) groups excluding carboxylic acids is 1. The Morgan fingerprint density at radius 2 is 1.41 bits per heavy atom. The first kappa shape index (κ1) is 17.8. The largest absolute Gasteiger partial charge is 0.380 e. The summed E-state index contributed by atoms with van der Waals surface area (Å²) in [6.07, 6.45) is 1.27. The number of rotatable bonds is 3. The van der Waals surface area contributed by atoms with Crippen molar-refractivity contribution in [3.63, 3.8) is 0 Å². The van der Waals surface area contributed by atoms with E-state index in [-0.39, 0.29) is 5.78 Å². The van der Waals surface area contributed by atoms with Crippen LogP contribution in [0.15, 0.2) is 84.9 Å².